The summed E-state index contributed by atoms with van der Waals surface area (Å²) in [6, 6.07) is 19.9. The molecule has 35 heavy (non-hydrogen) atoms. The highest BCUT2D eigenvalue weighted by atomic mass is 32.2. The predicted molar refractivity (Wildman–Crippen MR) is 137 cm³/mol. The molecule has 3 aromatic rings. The van der Waals surface area contributed by atoms with Crippen LogP contribution < -0.4 is 9.47 Å². The number of aryl methyl sites for hydroxylation is 3. The second-order valence-electron chi connectivity index (χ2n) is 8.24. The van der Waals surface area contributed by atoms with Gasteiger partial charge in [-0.25, -0.2) is 4.79 Å². The fourth-order valence-corrected chi connectivity index (χ4v) is 4.34. The van der Waals surface area contributed by atoms with Crippen LogP contribution in [0.4, 0.5) is 4.79 Å². The number of thioether (sulfide) groups is 1. The Balaban J connectivity index is 1.45. The number of carbonyl (C=O) groups is 3. The SMILES string of the molecule is Cc1ccc(C(=O)Oc2ccccc2/C=C2\SC(=O)N(CCOc3cc(C)ccc3C)C2=O)cc1. The normalized spacial score (nSPS) is 14.5. The van der Waals surface area contributed by atoms with Crippen LogP contribution in [0.5, 0.6) is 11.5 Å². The van der Waals surface area contributed by atoms with E-state index in [1.165, 1.54) is 4.90 Å². The summed E-state index contributed by atoms with van der Waals surface area (Å²) in [6.45, 7) is 6.19. The Labute approximate surface area is 208 Å². The Bertz CT molecular complexity index is 1310. The van der Waals surface area contributed by atoms with Gasteiger partial charge in [0, 0.05) is 5.56 Å². The Morgan fingerprint density at radius 2 is 1.63 bits per heavy atom. The number of rotatable bonds is 7. The standard InChI is InChI=1S/C28H25NO5S/c1-18-9-12-21(13-10-18)27(31)34-23-7-5-4-6-22(23)17-25-26(30)29(28(32)35-25)14-15-33-24-16-19(2)8-11-20(24)3/h4-13,16-17H,14-15H2,1-3H3/b25-17-. The van der Waals surface area contributed by atoms with Crippen molar-refractivity contribution in [2.75, 3.05) is 13.2 Å². The lowest BCUT2D eigenvalue weighted by Crippen LogP contribution is -2.32. The molecule has 1 fully saturated rings. The topological polar surface area (TPSA) is 72.9 Å². The number of hydrogen-bond donors (Lipinski definition) is 0. The highest BCUT2D eigenvalue weighted by Gasteiger charge is 2.35. The van der Waals surface area contributed by atoms with Crippen LogP contribution in [0.3, 0.4) is 0 Å². The van der Waals surface area contributed by atoms with Gasteiger partial charge in [-0.05, 0) is 74.0 Å². The fraction of sp³-hybridized carbons (Fsp3) is 0.179. The molecule has 1 aliphatic rings. The summed E-state index contributed by atoms with van der Waals surface area (Å²) in [5.74, 6) is 0.145. The third kappa shape index (κ3) is 5.81. The van der Waals surface area contributed by atoms with Gasteiger partial charge in [-0.1, -0.05) is 48.0 Å². The molecular weight excluding hydrogens is 462 g/mol. The Morgan fingerprint density at radius 1 is 0.914 bits per heavy atom. The number of benzene rings is 3. The van der Waals surface area contributed by atoms with Crippen molar-refractivity contribution >= 4 is 35.0 Å². The lowest BCUT2D eigenvalue weighted by atomic mass is 10.1. The van der Waals surface area contributed by atoms with Gasteiger partial charge in [0.2, 0.25) is 0 Å². The van der Waals surface area contributed by atoms with Crippen LogP contribution in [-0.4, -0.2) is 35.2 Å². The number of nitrogens with zero attached hydrogens (tertiary/aromatic N) is 1. The minimum Gasteiger partial charge on any atom is -0.491 e. The fourth-order valence-electron chi connectivity index (χ4n) is 3.48. The van der Waals surface area contributed by atoms with E-state index >= 15 is 0 Å². The molecule has 178 valence electrons. The lowest BCUT2D eigenvalue weighted by molar-refractivity contribution is -0.123. The number of ether oxygens (including phenoxy) is 2. The van der Waals surface area contributed by atoms with E-state index in [4.69, 9.17) is 9.47 Å². The van der Waals surface area contributed by atoms with Crippen molar-refractivity contribution in [2.24, 2.45) is 0 Å². The average Bonchev–Trinajstić information content (AvgIpc) is 3.10. The highest BCUT2D eigenvalue weighted by Crippen LogP contribution is 2.34. The minimum atomic E-state index is -0.498. The van der Waals surface area contributed by atoms with E-state index in [1.807, 2.05) is 51.1 Å². The van der Waals surface area contributed by atoms with E-state index in [-0.39, 0.29) is 23.3 Å². The van der Waals surface area contributed by atoms with Crippen molar-refractivity contribution in [3.05, 3.63) is 99.5 Å². The van der Waals surface area contributed by atoms with Gasteiger partial charge >= 0.3 is 5.97 Å². The summed E-state index contributed by atoms with van der Waals surface area (Å²) in [5.41, 5.74) is 4.06. The smallest absolute Gasteiger partial charge is 0.343 e. The minimum absolute atomic E-state index is 0.138. The monoisotopic (exact) mass is 487 g/mol. The van der Waals surface area contributed by atoms with Gasteiger partial charge in [0.15, 0.2) is 0 Å². The number of amides is 2. The van der Waals surface area contributed by atoms with Crippen LogP contribution in [0, 0.1) is 20.8 Å². The van der Waals surface area contributed by atoms with E-state index < -0.39 is 11.9 Å². The van der Waals surface area contributed by atoms with Crippen LogP contribution in [0.1, 0.15) is 32.6 Å². The molecule has 0 unspecified atom stereocenters. The van der Waals surface area contributed by atoms with Crippen molar-refractivity contribution < 1.29 is 23.9 Å². The molecule has 3 aromatic carbocycles. The third-order valence-electron chi connectivity index (χ3n) is 5.49. The zero-order valence-corrected chi connectivity index (χ0v) is 20.6. The second-order valence-corrected chi connectivity index (χ2v) is 9.24. The van der Waals surface area contributed by atoms with E-state index in [0.29, 0.717) is 16.9 Å². The van der Waals surface area contributed by atoms with Gasteiger partial charge in [0.1, 0.15) is 18.1 Å². The van der Waals surface area contributed by atoms with Gasteiger partial charge in [0.25, 0.3) is 11.1 Å². The molecule has 0 atom stereocenters. The summed E-state index contributed by atoms with van der Waals surface area (Å²) >= 11 is 0.857. The number of esters is 1. The molecule has 1 saturated heterocycles. The van der Waals surface area contributed by atoms with Gasteiger partial charge in [0.05, 0.1) is 17.0 Å². The van der Waals surface area contributed by atoms with Crippen molar-refractivity contribution in [2.45, 2.75) is 20.8 Å². The van der Waals surface area contributed by atoms with Gasteiger partial charge in [-0.15, -0.1) is 0 Å². The molecule has 0 aromatic heterocycles. The second kappa shape index (κ2) is 10.6. The molecule has 0 spiro atoms. The van der Waals surface area contributed by atoms with Crippen LogP contribution in [0.15, 0.2) is 71.6 Å². The van der Waals surface area contributed by atoms with Crippen LogP contribution in [0.25, 0.3) is 6.08 Å². The van der Waals surface area contributed by atoms with Crippen molar-refractivity contribution in [3.63, 3.8) is 0 Å². The van der Waals surface area contributed by atoms with Crippen LogP contribution in [0.2, 0.25) is 0 Å². The van der Waals surface area contributed by atoms with Crippen molar-refractivity contribution in [1.29, 1.82) is 0 Å². The van der Waals surface area contributed by atoms with E-state index in [9.17, 15) is 14.4 Å². The summed E-state index contributed by atoms with van der Waals surface area (Å²) < 4.78 is 11.4. The summed E-state index contributed by atoms with van der Waals surface area (Å²) in [7, 11) is 0. The molecular formula is C28H25NO5S. The van der Waals surface area contributed by atoms with Crippen molar-refractivity contribution in [1.82, 2.24) is 4.90 Å². The van der Waals surface area contributed by atoms with Gasteiger partial charge in [-0.3, -0.25) is 14.5 Å². The molecule has 0 bridgehead atoms. The molecule has 0 aliphatic carbocycles. The first-order chi connectivity index (χ1) is 16.8. The molecule has 2 amide bonds. The first-order valence-corrected chi connectivity index (χ1v) is 12.0. The molecule has 1 heterocycles. The van der Waals surface area contributed by atoms with Crippen LogP contribution >= 0.6 is 11.8 Å². The summed E-state index contributed by atoms with van der Waals surface area (Å²) in [5, 5.41) is -0.361. The molecule has 6 nitrogen and oxygen atoms in total. The number of imide groups is 1. The summed E-state index contributed by atoms with van der Waals surface area (Å²) in [4.78, 5) is 39.4. The predicted octanol–water partition coefficient (Wildman–Crippen LogP) is 5.95. The van der Waals surface area contributed by atoms with Gasteiger partial charge < -0.3 is 9.47 Å². The summed E-state index contributed by atoms with van der Waals surface area (Å²) in [6.07, 6.45) is 1.58. The number of carbonyl (C=O) groups excluding carboxylic acids is 3. The Morgan fingerprint density at radius 3 is 2.40 bits per heavy atom. The van der Waals surface area contributed by atoms with E-state index in [2.05, 4.69) is 0 Å². The zero-order valence-electron chi connectivity index (χ0n) is 19.7. The first kappa shape index (κ1) is 24.3. The molecule has 0 N–H and O–H groups in total. The lowest BCUT2D eigenvalue weighted by Gasteiger charge is -2.14. The van der Waals surface area contributed by atoms with Crippen LogP contribution in [-0.2, 0) is 4.79 Å². The largest absolute Gasteiger partial charge is 0.491 e. The van der Waals surface area contributed by atoms with Crippen molar-refractivity contribution in [3.8, 4) is 11.5 Å². The molecule has 0 saturated carbocycles. The maximum Gasteiger partial charge on any atom is 0.343 e. The van der Waals surface area contributed by atoms with E-state index in [1.54, 1.807) is 42.5 Å². The zero-order chi connectivity index (χ0) is 24.9. The molecule has 0 radical (unpaired) electrons. The maximum atomic E-state index is 12.9. The molecule has 7 heteroatoms. The molecule has 4 rings (SSSR count). The molecule has 1 aliphatic heterocycles. The average molecular weight is 488 g/mol. The Kier molecular flexibility index (Phi) is 7.36. The van der Waals surface area contributed by atoms with Gasteiger partial charge in [-0.2, -0.15) is 0 Å². The first-order valence-electron chi connectivity index (χ1n) is 11.1. The maximum absolute atomic E-state index is 12.9. The number of hydrogen-bond acceptors (Lipinski definition) is 6. The quantitative estimate of drug-likeness (QED) is 0.233. The number of para-hydroxylation sites is 1. The Hall–Kier alpha value is -3.84. The third-order valence-corrected chi connectivity index (χ3v) is 6.39. The van der Waals surface area contributed by atoms with E-state index in [0.717, 1.165) is 34.2 Å². The highest BCUT2D eigenvalue weighted by molar-refractivity contribution is 8.18.